The number of aryl methyl sites for hydroxylation is 1. The Morgan fingerprint density at radius 1 is 1.41 bits per heavy atom. The lowest BCUT2D eigenvalue weighted by Crippen LogP contribution is -2.41. The molecule has 0 bridgehead atoms. The Balaban J connectivity index is 1.82. The Morgan fingerprint density at radius 2 is 2.18 bits per heavy atom. The molecule has 116 valence electrons. The molecule has 1 aromatic rings. The average Bonchev–Trinajstić information content (AvgIpc) is 2.43. The van der Waals surface area contributed by atoms with E-state index in [0.29, 0.717) is 24.9 Å². The summed E-state index contributed by atoms with van der Waals surface area (Å²) in [6, 6.07) is 2.91. The van der Waals surface area contributed by atoms with Crippen LogP contribution in [-0.4, -0.2) is 11.8 Å². The Kier molecular flexibility index (Phi) is 3.72. The summed E-state index contributed by atoms with van der Waals surface area (Å²) >= 11 is 0. The van der Waals surface area contributed by atoms with Crippen LogP contribution in [0.2, 0.25) is 0 Å². The van der Waals surface area contributed by atoms with Gasteiger partial charge < -0.3 is 10.6 Å². The zero-order chi connectivity index (χ0) is 15.7. The van der Waals surface area contributed by atoms with E-state index in [0.717, 1.165) is 24.8 Å². The van der Waals surface area contributed by atoms with Gasteiger partial charge in [-0.1, -0.05) is 12.5 Å². The molecule has 5 heteroatoms. The predicted octanol–water partition coefficient (Wildman–Crippen LogP) is 3.40. The number of anilines is 2. The van der Waals surface area contributed by atoms with Gasteiger partial charge in [-0.05, 0) is 43.4 Å². The second kappa shape index (κ2) is 5.55. The van der Waals surface area contributed by atoms with Crippen LogP contribution in [0.5, 0.6) is 0 Å². The Morgan fingerprint density at radius 3 is 2.82 bits per heavy atom. The molecule has 1 fully saturated rings. The summed E-state index contributed by atoms with van der Waals surface area (Å²) in [5.41, 5.74) is 1.10. The van der Waals surface area contributed by atoms with Crippen LogP contribution >= 0.6 is 0 Å². The molecule has 0 radical (unpaired) electrons. The largest absolute Gasteiger partial charge is 0.326 e. The second-order valence-corrected chi connectivity index (χ2v) is 6.12. The van der Waals surface area contributed by atoms with Gasteiger partial charge in [0.15, 0.2) is 0 Å². The molecule has 2 amide bonds. The van der Waals surface area contributed by atoms with Crippen molar-refractivity contribution in [2.45, 2.75) is 38.5 Å². The molecule has 2 aliphatic rings. The summed E-state index contributed by atoms with van der Waals surface area (Å²) in [5.74, 6) is -0.775. The van der Waals surface area contributed by atoms with Gasteiger partial charge in [0.25, 0.3) is 0 Å². The van der Waals surface area contributed by atoms with Crippen LogP contribution in [-0.2, 0) is 16.0 Å². The van der Waals surface area contributed by atoms with Crippen molar-refractivity contribution in [3.63, 3.8) is 0 Å². The second-order valence-electron chi connectivity index (χ2n) is 6.12. The molecule has 0 aromatic heterocycles. The minimum atomic E-state index is -0.526. The van der Waals surface area contributed by atoms with E-state index in [1.54, 1.807) is 12.1 Å². The lowest BCUT2D eigenvalue weighted by Gasteiger charge is -2.39. The molecule has 2 N–H and O–H groups in total. The summed E-state index contributed by atoms with van der Waals surface area (Å²) in [6.45, 7) is 3.71. The fourth-order valence-corrected chi connectivity index (χ4v) is 3.16. The lowest BCUT2D eigenvalue weighted by atomic mass is 9.66. The Hall–Kier alpha value is -2.17. The van der Waals surface area contributed by atoms with E-state index in [-0.39, 0.29) is 17.5 Å². The van der Waals surface area contributed by atoms with E-state index >= 15 is 0 Å². The van der Waals surface area contributed by atoms with Crippen molar-refractivity contribution < 1.29 is 14.0 Å². The highest BCUT2D eigenvalue weighted by Gasteiger charge is 2.43. The van der Waals surface area contributed by atoms with E-state index in [9.17, 15) is 14.0 Å². The molecular formula is C17H19FN2O2. The fraction of sp³-hybridized carbons (Fsp3) is 0.412. The van der Waals surface area contributed by atoms with Gasteiger partial charge in [-0.25, -0.2) is 4.39 Å². The van der Waals surface area contributed by atoms with Crippen LogP contribution in [0.1, 0.15) is 37.7 Å². The molecular weight excluding hydrogens is 283 g/mol. The van der Waals surface area contributed by atoms with E-state index in [1.165, 1.54) is 6.07 Å². The predicted molar refractivity (Wildman–Crippen MR) is 83.1 cm³/mol. The van der Waals surface area contributed by atoms with Crippen LogP contribution in [0.4, 0.5) is 15.8 Å². The van der Waals surface area contributed by atoms with Gasteiger partial charge in [-0.15, -0.1) is 6.58 Å². The third-order valence-electron chi connectivity index (χ3n) is 4.66. The maximum atomic E-state index is 14.2. The number of allylic oxidation sites excluding steroid dienone is 1. The molecule has 22 heavy (non-hydrogen) atoms. The van der Waals surface area contributed by atoms with Gasteiger partial charge in [0.2, 0.25) is 11.8 Å². The highest BCUT2D eigenvalue weighted by atomic mass is 19.1. The molecule has 0 atom stereocenters. The van der Waals surface area contributed by atoms with Crippen LogP contribution in [0.3, 0.4) is 0 Å². The normalized spacial score (nSPS) is 18.7. The first-order valence-electron chi connectivity index (χ1n) is 7.59. The lowest BCUT2D eigenvalue weighted by molar-refractivity contribution is -0.130. The number of rotatable bonds is 4. The summed E-state index contributed by atoms with van der Waals surface area (Å²) < 4.78 is 14.2. The van der Waals surface area contributed by atoms with Crippen molar-refractivity contribution in [2.24, 2.45) is 5.41 Å². The number of carbonyl (C=O) groups is 2. The number of halogens is 1. The summed E-state index contributed by atoms with van der Waals surface area (Å²) in [7, 11) is 0. The first-order chi connectivity index (χ1) is 10.5. The van der Waals surface area contributed by atoms with Gasteiger partial charge in [-0.3, -0.25) is 9.59 Å². The fourth-order valence-electron chi connectivity index (χ4n) is 3.16. The number of hydrogen-bond donors (Lipinski definition) is 2. The maximum absolute atomic E-state index is 14.2. The number of benzene rings is 1. The number of carbonyl (C=O) groups excluding carboxylic acids is 2. The quantitative estimate of drug-likeness (QED) is 0.838. The molecule has 1 heterocycles. The summed E-state index contributed by atoms with van der Waals surface area (Å²) in [6.07, 6.45) is 5.94. The molecule has 0 spiro atoms. The van der Waals surface area contributed by atoms with Gasteiger partial charge in [-0.2, -0.15) is 0 Å². The first-order valence-corrected chi connectivity index (χ1v) is 7.59. The summed E-state index contributed by atoms with van der Waals surface area (Å²) in [5, 5.41) is 5.37. The number of nitrogens with one attached hydrogen (secondary N) is 2. The molecule has 3 rings (SSSR count). The van der Waals surface area contributed by atoms with Crippen LogP contribution in [0.15, 0.2) is 24.8 Å². The molecule has 1 aliphatic carbocycles. The smallest absolute Gasteiger partial charge is 0.230 e. The van der Waals surface area contributed by atoms with Crippen LogP contribution in [0, 0.1) is 11.2 Å². The van der Waals surface area contributed by atoms with Gasteiger partial charge in [0, 0.05) is 12.1 Å². The maximum Gasteiger partial charge on any atom is 0.230 e. The van der Waals surface area contributed by atoms with E-state index in [4.69, 9.17) is 0 Å². The average molecular weight is 302 g/mol. The van der Waals surface area contributed by atoms with Crippen molar-refractivity contribution >= 4 is 23.2 Å². The van der Waals surface area contributed by atoms with Crippen molar-refractivity contribution in [2.75, 3.05) is 10.6 Å². The SMILES string of the molecule is C=CCC1(C(=O)Nc2cc3c(cc2F)NC(=O)CC3)CCC1. The van der Waals surface area contributed by atoms with E-state index in [1.807, 2.05) is 0 Å². The van der Waals surface area contributed by atoms with Crippen LogP contribution in [0.25, 0.3) is 0 Å². The molecule has 1 aliphatic heterocycles. The van der Waals surface area contributed by atoms with E-state index < -0.39 is 11.2 Å². The number of amides is 2. The zero-order valence-electron chi connectivity index (χ0n) is 12.4. The van der Waals surface area contributed by atoms with Gasteiger partial charge in [0.1, 0.15) is 5.82 Å². The number of hydrogen-bond acceptors (Lipinski definition) is 2. The van der Waals surface area contributed by atoms with Crippen LogP contribution < -0.4 is 10.6 Å². The monoisotopic (exact) mass is 302 g/mol. The minimum absolute atomic E-state index is 0.108. The molecule has 1 saturated carbocycles. The third kappa shape index (κ3) is 2.51. The van der Waals surface area contributed by atoms with Gasteiger partial charge in [0.05, 0.1) is 11.1 Å². The van der Waals surface area contributed by atoms with Crippen molar-refractivity contribution in [3.8, 4) is 0 Å². The Labute approximate surface area is 128 Å². The molecule has 1 aromatic carbocycles. The zero-order valence-corrected chi connectivity index (χ0v) is 12.4. The molecule has 4 nitrogen and oxygen atoms in total. The van der Waals surface area contributed by atoms with E-state index in [2.05, 4.69) is 17.2 Å². The summed E-state index contributed by atoms with van der Waals surface area (Å²) in [4.78, 5) is 23.8. The molecule has 0 unspecified atom stereocenters. The minimum Gasteiger partial charge on any atom is -0.326 e. The standard InChI is InChI=1S/C17H19FN2O2/c1-2-6-17(7-3-8-17)16(22)20-14-9-11-4-5-15(21)19-13(11)10-12(14)18/h2,9-10H,1,3-8H2,(H,19,21)(H,20,22). The van der Waals surface area contributed by atoms with Gasteiger partial charge >= 0.3 is 0 Å². The van der Waals surface area contributed by atoms with Crippen molar-refractivity contribution in [1.82, 2.24) is 0 Å². The number of fused-ring (bicyclic) bond motifs is 1. The van der Waals surface area contributed by atoms with Crippen molar-refractivity contribution in [3.05, 3.63) is 36.2 Å². The topological polar surface area (TPSA) is 58.2 Å². The highest BCUT2D eigenvalue weighted by molar-refractivity contribution is 5.98. The molecule has 0 saturated heterocycles. The third-order valence-corrected chi connectivity index (χ3v) is 4.66. The van der Waals surface area contributed by atoms with Crippen molar-refractivity contribution in [1.29, 1.82) is 0 Å². The Bertz CT molecular complexity index is 650. The highest BCUT2D eigenvalue weighted by Crippen LogP contribution is 2.45. The first kappa shape index (κ1) is 14.8.